The van der Waals surface area contributed by atoms with Crippen LogP contribution in [0.2, 0.25) is 0 Å². The van der Waals surface area contributed by atoms with Gasteiger partial charge in [-0.3, -0.25) is 4.90 Å². The molecular formula is C15H26N4O. The summed E-state index contributed by atoms with van der Waals surface area (Å²) >= 11 is 0. The molecule has 5 heteroatoms. The molecule has 1 aliphatic heterocycles. The van der Waals surface area contributed by atoms with Gasteiger partial charge in [-0.15, -0.1) is 5.10 Å². The van der Waals surface area contributed by atoms with Crippen LogP contribution >= 0.6 is 0 Å². The third-order valence-electron chi connectivity index (χ3n) is 4.85. The highest BCUT2D eigenvalue weighted by Crippen LogP contribution is 2.32. The first kappa shape index (κ1) is 14.0. The highest BCUT2D eigenvalue weighted by atomic mass is 16.5. The van der Waals surface area contributed by atoms with E-state index in [9.17, 15) is 0 Å². The molecule has 1 fully saturated rings. The molecule has 0 radical (unpaired) electrons. The monoisotopic (exact) mass is 278 g/mol. The number of hydrogen-bond acceptors (Lipinski definition) is 4. The number of nitrogens with zero attached hydrogens (tertiary/aromatic N) is 4. The lowest BCUT2D eigenvalue weighted by Gasteiger charge is -2.36. The van der Waals surface area contributed by atoms with Crippen LogP contribution in [0.5, 0.6) is 0 Å². The van der Waals surface area contributed by atoms with E-state index in [1.165, 1.54) is 37.9 Å². The van der Waals surface area contributed by atoms with Crippen molar-refractivity contribution in [2.75, 3.05) is 26.8 Å². The van der Waals surface area contributed by atoms with Gasteiger partial charge in [0.05, 0.1) is 18.3 Å². The van der Waals surface area contributed by atoms with Crippen molar-refractivity contribution in [1.82, 2.24) is 19.9 Å². The molecule has 112 valence electrons. The molecule has 0 unspecified atom stereocenters. The molecule has 0 amide bonds. The van der Waals surface area contributed by atoms with E-state index < -0.39 is 0 Å². The molecule has 1 aromatic rings. The molecular weight excluding hydrogens is 252 g/mol. The first-order valence-corrected chi connectivity index (χ1v) is 7.98. The molecule has 0 N–H and O–H groups in total. The Hall–Kier alpha value is -0.940. The van der Waals surface area contributed by atoms with E-state index in [4.69, 9.17) is 4.74 Å². The van der Waals surface area contributed by atoms with Gasteiger partial charge in [-0.25, -0.2) is 4.68 Å². The van der Waals surface area contributed by atoms with Crippen LogP contribution in [0, 0.1) is 5.92 Å². The van der Waals surface area contributed by atoms with Gasteiger partial charge in [0.2, 0.25) is 0 Å². The van der Waals surface area contributed by atoms with Crippen molar-refractivity contribution >= 4 is 0 Å². The van der Waals surface area contributed by atoms with Crippen molar-refractivity contribution in [1.29, 1.82) is 0 Å². The Balaban J connectivity index is 1.77. The molecule has 2 heterocycles. The molecule has 0 bridgehead atoms. The molecule has 0 aromatic carbocycles. The minimum atomic E-state index is 0.296. The first-order valence-electron chi connectivity index (χ1n) is 7.98. The molecule has 3 rings (SSSR count). The van der Waals surface area contributed by atoms with Crippen molar-refractivity contribution < 1.29 is 4.74 Å². The number of hydrogen-bond donors (Lipinski definition) is 0. The zero-order chi connectivity index (χ0) is 13.9. The zero-order valence-corrected chi connectivity index (χ0v) is 12.7. The molecule has 2 aliphatic rings. The summed E-state index contributed by atoms with van der Waals surface area (Å²) in [5, 5.41) is 8.74. The second-order valence-corrected chi connectivity index (χ2v) is 6.10. The van der Waals surface area contributed by atoms with E-state index in [-0.39, 0.29) is 0 Å². The van der Waals surface area contributed by atoms with E-state index in [2.05, 4.69) is 22.1 Å². The van der Waals surface area contributed by atoms with Crippen molar-refractivity contribution in [3.8, 4) is 0 Å². The Kier molecular flexibility index (Phi) is 4.36. The Morgan fingerprint density at radius 3 is 2.80 bits per heavy atom. The van der Waals surface area contributed by atoms with Gasteiger partial charge >= 0.3 is 0 Å². The fourth-order valence-electron chi connectivity index (χ4n) is 3.78. The average molecular weight is 278 g/mol. The van der Waals surface area contributed by atoms with Crippen LogP contribution in [0.15, 0.2) is 0 Å². The van der Waals surface area contributed by atoms with Crippen molar-refractivity contribution in [3.05, 3.63) is 11.4 Å². The molecule has 1 aliphatic carbocycles. The smallest absolute Gasteiger partial charge is 0.105 e. The van der Waals surface area contributed by atoms with Crippen LogP contribution in [0.1, 0.15) is 50.0 Å². The van der Waals surface area contributed by atoms with Crippen LogP contribution in [0.3, 0.4) is 0 Å². The lowest BCUT2D eigenvalue weighted by atomic mass is 9.99. The van der Waals surface area contributed by atoms with Gasteiger partial charge in [0.1, 0.15) is 5.69 Å². The Morgan fingerprint density at radius 2 is 2.10 bits per heavy atom. The van der Waals surface area contributed by atoms with Gasteiger partial charge in [0.15, 0.2) is 0 Å². The number of fused-ring (bicyclic) bond motifs is 1. The molecule has 0 spiro atoms. The largest absolute Gasteiger partial charge is 0.383 e. The predicted octanol–water partition coefficient (Wildman–Crippen LogP) is 2.03. The zero-order valence-electron chi connectivity index (χ0n) is 12.7. The summed E-state index contributed by atoms with van der Waals surface area (Å²) in [5.41, 5.74) is 2.47. The summed E-state index contributed by atoms with van der Waals surface area (Å²) in [6, 6.07) is 0.296. The van der Waals surface area contributed by atoms with Crippen LogP contribution in [0.4, 0.5) is 0 Å². The van der Waals surface area contributed by atoms with E-state index in [1.54, 1.807) is 7.11 Å². The van der Waals surface area contributed by atoms with E-state index in [0.29, 0.717) is 6.04 Å². The quantitative estimate of drug-likeness (QED) is 0.826. The molecule has 1 aromatic heterocycles. The summed E-state index contributed by atoms with van der Waals surface area (Å²) in [6.45, 7) is 6.08. The highest BCUT2D eigenvalue weighted by molar-refractivity contribution is 5.19. The van der Waals surface area contributed by atoms with Crippen LogP contribution < -0.4 is 0 Å². The fraction of sp³-hybridized carbons (Fsp3) is 0.867. The molecule has 1 atom stereocenters. The molecule has 0 saturated heterocycles. The van der Waals surface area contributed by atoms with Crippen molar-refractivity contribution in [2.45, 2.75) is 51.6 Å². The average Bonchev–Trinajstić information content (AvgIpc) is 3.10. The van der Waals surface area contributed by atoms with E-state index in [0.717, 1.165) is 37.7 Å². The summed E-state index contributed by atoms with van der Waals surface area (Å²) in [7, 11) is 1.78. The lowest BCUT2D eigenvalue weighted by molar-refractivity contribution is 0.0693. The highest BCUT2D eigenvalue weighted by Gasteiger charge is 2.33. The van der Waals surface area contributed by atoms with E-state index >= 15 is 0 Å². The number of aromatic nitrogens is 3. The maximum absolute atomic E-state index is 5.46. The van der Waals surface area contributed by atoms with E-state index in [1.807, 2.05) is 4.68 Å². The SMILES string of the molecule is CCn1nnc2c1CCN(CC1CCCC1)[C@@H]2COC. The van der Waals surface area contributed by atoms with Gasteiger partial charge in [0, 0.05) is 33.2 Å². The molecule has 5 nitrogen and oxygen atoms in total. The third-order valence-corrected chi connectivity index (χ3v) is 4.85. The van der Waals surface area contributed by atoms with Crippen LogP contribution in [-0.4, -0.2) is 46.7 Å². The minimum Gasteiger partial charge on any atom is -0.383 e. The molecule has 20 heavy (non-hydrogen) atoms. The number of methoxy groups -OCH3 is 1. The number of rotatable bonds is 5. The Labute approximate surface area is 121 Å². The maximum atomic E-state index is 5.46. The second-order valence-electron chi connectivity index (χ2n) is 6.10. The van der Waals surface area contributed by atoms with Gasteiger partial charge in [-0.05, 0) is 25.7 Å². The summed E-state index contributed by atoms with van der Waals surface area (Å²) in [5.74, 6) is 0.872. The van der Waals surface area contributed by atoms with Crippen LogP contribution in [-0.2, 0) is 17.7 Å². The Morgan fingerprint density at radius 1 is 1.30 bits per heavy atom. The third kappa shape index (κ3) is 2.61. The summed E-state index contributed by atoms with van der Waals surface area (Å²) in [4.78, 5) is 2.58. The van der Waals surface area contributed by atoms with Gasteiger partial charge in [-0.2, -0.15) is 0 Å². The van der Waals surface area contributed by atoms with Gasteiger partial charge < -0.3 is 4.74 Å². The fourth-order valence-corrected chi connectivity index (χ4v) is 3.78. The minimum absolute atomic E-state index is 0.296. The summed E-state index contributed by atoms with van der Waals surface area (Å²) in [6.07, 6.45) is 6.67. The number of aryl methyl sites for hydroxylation is 1. The number of ether oxygens (including phenoxy) is 1. The summed E-state index contributed by atoms with van der Waals surface area (Å²) < 4.78 is 7.50. The topological polar surface area (TPSA) is 43.2 Å². The normalized spacial score (nSPS) is 24.2. The standard InChI is InChI=1S/C15H26N4O/c1-3-19-13-8-9-18(10-12-6-4-5-7-12)14(11-20-2)15(13)16-17-19/h12,14H,3-11H2,1-2H3/t14-/m1/s1. The van der Waals surface area contributed by atoms with Crippen molar-refractivity contribution in [3.63, 3.8) is 0 Å². The predicted molar refractivity (Wildman–Crippen MR) is 77.5 cm³/mol. The van der Waals surface area contributed by atoms with Gasteiger partial charge in [-0.1, -0.05) is 18.1 Å². The lowest BCUT2D eigenvalue weighted by Crippen LogP contribution is -2.40. The van der Waals surface area contributed by atoms with Crippen LogP contribution in [0.25, 0.3) is 0 Å². The van der Waals surface area contributed by atoms with Gasteiger partial charge in [0.25, 0.3) is 0 Å². The second kappa shape index (κ2) is 6.22. The maximum Gasteiger partial charge on any atom is 0.105 e. The molecule has 1 saturated carbocycles. The Bertz CT molecular complexity index is 439. The van der Waals surface area contributed by atoms with Crippen molar-refractivity contribution in [2.24, 2.45) is 5.92 Å². The first-order chi connectivity index (χ1) is 9.83.